The Morgan fingerprint density at radius 2 is 2.00 bits per heavy atom. The summed E-state index contributed by atoms with van der Waals surface area (Å²) in [5, 5.41) is 11.5. The van der Waals surface area contributed by atoms with E-state index in [0.29, 0.717) is 31.8 Å². The number of nitro benzene ring substituents is 1. The average molecular weight is 386 g/mol. The van der Waals surface area contributed by atoms with Crippen LogP contribution in [-0.2, 0) is 6.18 Å². The molecule has 1 heterocycles. The van der Waals surface area contributed by atoms with Gasteiger partial charge in [-0.15, -0.1) is 0 Å². The average Bonchev–Trinajstić information content (AvgIpc) is 3.36. The maximum atomic E-state index is 14.0. The lowest BCUT2D eigenvalue weighted by Gasteiger charge is -2.36. The first-order chi connectivity index (χ1) is 12.7. The van der Waals surface area contributed by atoms with Gasteiger partial charge in [0.25, 0.3) is 5.69 Å². The molecule has 0 radical (unpaired) electrons. The molecule has 0 N–H and O–H groups in total. The minimum Gasteiger partial charge on any atom is -0.490 e. The number of alkyl halides is 3. The molecule has 0 amide bonds. The van der Waals surface area contributed by atoms with E-state index >= 15 is 0 Å². The zero-order valence-corrected chi connectivity index (χ0v) is 15.6. The Hall–Kier alpha value is -1.99. The van der Waals surface area contributed by atoms with Gasteiger partial charge in [-0.2, -0.15) is 13.2 Å². The van der Waals surface area contributed by atoms with Gasteiger partial charge in [0.05, 0.1) is 11.0 Å². The molecule has 1 aromatic carbocycles. The summed E-state index contributed by atoms with van der Waals surface area (Å²) in [4.78, 5) is 12.3. The monoisotopic (exact) mass is 386 g/mol. The van der Waals surface area contributed by atoms with Crippen LogP contribution >= 0.6 is 0 Å². The zero-order chi connectivity index (χ0) is 19.8. The molecule has 0 bridgehead atoms. The van der Waals surface area contributed by atoms with Gasteiger partial charge in [-0.1, -0.05) is 13.8 Å². The molecule has 8 heteroatoms. The van der Waals surface area contributed by atoms with E-state index in [-0.39, 0.29) is 23.5 Å². The van der Waals surface area contributed by atoms with Crippen LogP contribution in [0.5, 0.6) is 5.75 Å². The normalized spacial score (nSPS) is 20.8. The fraction of sp³-hybridized carbons (Fsp3) is 0.684. The minimum atomic E-state index is -4.73. The molecule has 1 saturated heterocycles. The van der Waals surface area contributed by atoms with E-state index in [1.54, 1.807) is 4.90 Å². The quantitative estimate of drug-likeness (QED) is 0.484. The number of nitro groups is 1. The first-order valence-corrected chi connectivity index (χ1v) is 9.47. The fourth-order valence-electron chi connectivity index (χ4n) is 3.89. The second-order valence-corrected chi connectivity index (χ2v) is 7.96. The third-order valence-corrected chi connectivity index (χ3v) is 5.06. The van der Waals surface area contributed by atoms with E-state index in [4.69, 9.17) is 4.74 Å². The molecule has 3 rings (SSSR count). The summed E-state index contributed by atoms with van der Waals surface area (Å²) < 4.78 is 47.3. The predicted molar refractivity (Wildman–Crippen MR) is 96.1 cm³/mol. The number of nitrogens with zero attached hydrogens (tertiary/aromatic N) is 2. The van der Waals surface area contributed by atoms with Crippen molar-refractivity contribution in [1.29, 1.82) is 0 Å². The maximum Gasteiger partial charge on any atom is 0.422 e. The highest BCUT2D eigenvalue weighted by Gasteiger charge is 2.44. The third-order valence-electron chi connectivity index (χ3n) is 5.06. The molecule has 0 spiro atoms. The van der Waals surface area contributed by atoms with Crippen molar-refractivity contribution in [2.45, 2.75) is 58.2 Å². The highest BCUT2D eigenvalue weighted by molar-refractivity contribution is 5.73. The molecule has 150 valence electrons. The molecule has 27 heavy (non-hydrogen) atoms. The summed E-state index contributed by atoms with van der Waals surface area (Å²) in [6, 6.07) is 2.24. The molecular weight excluding hydrogens is 361 g/mol. The van der Waals surface area contributed by atoms with Crippen LogP contribution in [0.3, 0.4) is 0 Å². The molecule has 0 unspecified atom stereocenters. The maximum absolute atomic E-state index is 14.0. The summed E-state index contributed by atoms with van der Waals surface area (Å²) >= 11 is 0. The van der Waals surface area contributed by atoms with Crippen LogP contribution in [0, 0.1) is 22.0 Å². The van der Waals surface area contributed by atoms with Crippen LogP contribution in [0.15, 0.2) is 12.1 Å². The summed E-state index contributed by atoms with van der Waals surface area (Å²) in [5.74, 6) is 0.362. The van der Waals surface area contributed by atoms with E-state index in [2.05, 4.69) is 13.8 Å². The highest BCUT2D eigenvalue weighted by atomic mass is 19.4. The molecule has 0 aromatic heterocycles. The Kier molecular flexibility index (Phi) is 5.53. The van der Waals surface area contributed by atoms with E-state index < -0.39 is 22.4 Å². The van der Waals surface area contributed by atoms with Crippen LogP contribution in [0.4, 0.5) is 24.5 Å². The SMILES string of the molecule is CC(C)C[C@@H]1CCCN(c2c([N+](=O)[O-])ccc(OC3CC3)c2C(F)(F)F)C1. The fourth-order valence-corrected chi connectivity index (χ4v) is 3.89. The van der Waals surface area contributed by atoms with Gasteiger partial charge in [-0.3, -0.25) is 10.1 Å². The van der Waals surface area contributed by atoms with Crippen LogP contribution in [0.25, 0.3) is 0 Å². The van der Waals surface area contributed by atoms with Crippen LogP contribution in [-0.4, -0.2) is 24.1 Å². The van der Waals surface area contributed by atoms with Crippen molar-refractivity contribution in [3.63, 3.8) is 0 Å². The van der Waals surface area contributed by atoms with Crippen molar-refractivity contribution in [3.8, 4) is 5.75 Å². The van der Waals surface area contributed by atoms with Gasteiger partial charge in [0.1, 0.15) is 17.0 Å². The Labute approximate surface area is 156 Å². The Morgan fingerprint density at radius 3 is 2.56 bits per heavy atom. The summed E-state index contributed by atoms with van der Waals surface area (Å²) in [6.07, 6.45) is -0.981. The highest BCUT2D eigenvalue weighted by Crippen LogP contribution is 2.49. The van der Waals surface area contributed by atoms with Crippen molar-refractivity contribution in [3.05, 3.63) is 27.8 Å². The lowest BCUT2D eigenvalue weighted by Crippen LogP contribution is -2.37. The molecule has 5 nitrogen and oxygen atoms in total. The van der Waals surface area contributed by atoms with Gasteiger partial charge < -0.3 is 9.64 Å². The second kappa shape index (κ2) is 7.56. The molecule has 1 saturated carbocycles. The predicted octanol–water partition coefficient (Wildman–Crippen LogP) is 5.42. The molecule has 1 aliphatic heterocycles. The van der Waals surface area contributed by atoms with E-state index in [0.717, 1.165) is 31.4 Å². The topological polar surface area (TPSA) is 55.6 Å². The van der Waals surface area contributed by atoms with Crippen LogP contribution in [0.2, 0.25) is 0 Å². The number of rotatable bonds is 6. The summed E-state index contributed by atoms with van der Waals surface area (Å²) in [5.41, 5.74) is -1.84. The van der Waals surface area contributed by atoms with Crippen molar-refractivity contribution in [2.24, 2.45) is 11.8 Å². The number of piperidine rings is 1. The Bertz CT molecular complexity index is 702. The van der Waals surface area contributed by atoms with Crippen molar-refractivity contribution >= 4 is 11.4 Å². The minimum absolute atomic E-state index is 0.226. The number of hydrogen-bond acceptors (Lipinski definition) is 4. The van der Waals surface area contributed by atoms with Crippen molar-refractivity contribution < 1.29 is 22.8 Å². The van der Waals surface area contributed by atoms with E-state index in [1.165, 1.54) is 0 Å². The standard InChI is InChI=1S/C19H25F3N2O3/c1-12(2)10-13-4-3-9-23(11-13)18-15(24(25)26)7-8-16(27-14-5-6-14)17(18)19(20,21)22/h7-8,12-14H,3-6,9-11H2,1-2H3/t13-/m0/s1. The summed E-state index contributed by atoms with van der Waals surface area (Å²) in [6.45, 7) is 4.93. The van der Waals surface area contributed by atoms with E-state index in [1.807, 2.05) is 0 Å². The Balaban J connectivity index is 2.05. The largest absolute Gasteiger partial charge is 0.490 e. The van der Waals surface area contributed by atoms with Gasteiger partial charge in [-0.05, 0) is 50.0 Å². The second-order valence-electron chi connectivity index (χ2n) is 7.96. The molecule has 2 fully saturated rings. The first kappa shape index (κ1) is 19.8. The smallest absolute Gasteiger partial charge is 0.422 e. The molecule has 2 aliphatic rings. The Morgan fingerprint density at radius 1 is 1.30 bits per heavy atom. The van der Waals surface area contributed by atoms with Crippen molar-refractivity contribution in [1.82, 2.24) is 0 Å². The molecule has 1 aliphatic carbocycles. The number of hydrogen-bond donors (Lipinski definition) is 0. The first-order valence-electron chi connectivity index (χ1n) is 9.47. The number of halogens is 3. The van der Waals surface area contributed by atoms with Crippen LogP contribution < -0.4 is 9.64 Å². The van der Waals surface area contributed by atoms with Crippen molar-refractivity contribution in [2.75, 3.05) is 18.0 Å². The molecule has 1 aromatic rings. The molecule has 1 atom stereocenters. The van der Waals surface area contributed by atoms with Gasteiger partial charge in [0.2, 0.25) is 0 Å². The number of benzene rings is 1. The zero-order valence-electron chi connectivity index (χ0n) is 15.6. The van der Waals surface area contributed by atoms with Gasteiger partial charge in [0.15, 0.2) is 0 Å². The third kappa shape index (κ3) is 4.65. The number of anilines is 1. The lowest BCUT2D eigenvalue weighted by atomic mass is 9.89. The lowest BCUT2D eigenvalue weighted by molar-refractivity contribution is -0.384. The van der Waals surface area contributed by atoms with Gasteiger partial charge >= 0.3 is 6.18 Å². The van der Waals surface area contributed by atoms with E-state index in [9.17, 15) is 23.3 Å². The van der Waals surface area contributed by atoms with Gasteiger partial charge in [-0.25, -0.2) is 0 Å². The van der Waals surface area contributed by atoms with Crippen LogP contribution in [0.1, 0.15) is 51.5 Å². The van der Waals surface area contributed by atoms with Gasteiger partial charge in [0, 0.05) is 19.2 Å². The molecular formula is C19H25F3N2O3. The summed E-state index contributed by atoms with van der Waals surface area (Å²) in [7, 11) is 0. The number of ether oxygens (including phenoxy) is 1.